The summed E-state index contributed by atoms with van der Waals surface area (Å²) in [5.74, 6) is 0.603. The predicted octanol–water partition coefficient (Wildman–Crippen LogP) is 5.37. The lowest BCUT2D eigenvalue weighted by Gasteiger charge is -2.17. The number of carbonyl (C=O) groups is 1. The van der Waals surface area contributed by atoms with Crippen LogP contribution >= 0.6 is 11.3 Å². The Hall–Kier alpha value is -3.25. The van der Waals surface area contributed by atoms with Crippen LogP contribution in [0.2, 0.25) is 0 Å². The highest BCUT2D eigenvalue weighted by Crippen LogP contribution is 2.35. The zero-order valence-electron chi connectivity index (χ0n) is 18.5. The summed E-state index contributed by atoms with van der Waals surface area (Å²) in [5.41, 5.74) is 3.14. The van der Waals surface area contributed by atoms with Gasteiger partial charge >= 0.3 is 5.97 Å². The van der Waals surface area contributed by atoms with E-state index in [1.165, 1.54) is 4.88 Å². The van der Waals surface area contributed by atoms with Gasteiger partial charge in [-0.1, -0.05) is 67.6 Å². The van der Waals surface area contributed by atoms with E-state index in [0.29, 0.717) is 17.1 Å². The molecule has 0 bridgehead atoms. The maximum Gasteiger partial charge on any atom is 0.307 e. The fourth-order valence-corrected chi connectivity index (χ4v) is 6.04. The van der Waals surface area contributed by atoms with Crippen LogP contribution in [0.5, 0.6) is 0 Å². The third-order valence-electron chi connectivity index (χ3n) is 6.36. The Morgan fingerprint density at radius 1 is 1.12 bits per heavy atom. The molecule has 33 heavy (non-hydrogen) atoms. The van der Waals surface area contributed by atoms with E-state index in [9.17, 15) is 9.59 Å². The highest BCUT2D eigenvalue weighted by Gasteiger charge is 2.23. The molecule has 0 unspecified atom stereocenters. The Labute approximate surface area is 196 Å². The van der Waals surface area contributed by atoms with Crippen LogP contribution in [-0.4, -0.2) is 15.9 Å². The summed E-state index contributed by atoms with van der Waals surface area (Å²) in [5, 5.41) is 0.713. The molecule has 6 heteroatoms. The van der Waals surface area contributed by atoms with Gasteiger partial charge in [-0.2, -0.15) is 0 Å². The second-order valence-corrected chi connectivity index (χ2v) is 9.87. The molecule has 2 aromatic carbocycles. The summed E-state index contributed by atoms with van der Waals surface area (Å²) in [7, 11) is 0. The fourth-order valence-electron chi connectivity index (χ4n) is 4.64. The quantitative estimate of drug-likeness (QED) is 0.394. The molecule has 0 amide bonds. The summed E-state index contributed by atoms with van der Waals surface area (Å²) in [6, 6.07) is 19.9. The van der Waals surface area contributed by atoms with Crippen LogP contribution in [0.4, 0.5) is 0 Å². The molecule has 0 spiro atoms. The molecule has 2 heterocycles. The number of ether oxygens (including phenoxy) is 1. The number of fused-ring (bicyclic) bond motifs is 3. The van der Waals surface area contributed by atoms with Gasteiger partial charge in [-0.3, -0.25) is 9.59 Å². The number of esters is 1. The number of carbonyl (C=O) groups excluding carboxylic acids is 1. The van der Waals surface area contributed by atoms with Gasteiger partial charge in [-0.15, -0.1) is 11.3 Å². The van der Waals surface area contributed by atoms with Gasteiger partial charge in [0.15, 0.2) is 0 Å². The molecule has 2 aromatic heterocycles. The lowest BCUT2D eigenvalue weighted by atomic mass is 9.89. The molecular formula is C27H26N2O3S. The first-order valence-corrected chi connectivity index (χ1v) is 12.2. The molecule has 4 aromatic rings. The van der Waals surface area contributed by atoms with Gasteiger partial charge in [-0.25, -0.2) is 4.98 Å². The first-order chi connectivity index (χ1) is 16.1. The number of H-pyrrole nitrogens is 1. The van der Waals surface area contributed by atoms with Crippen LogP contribution in [0.1, 0.15) is 53.1 Å². The Balaban J connectivity index is 1.32. The molecule has 1 aliphatic carbocycles. The number of hydrogen-bond donors (Lipinski definition) is 1. The maximum atomic E-state index is 12.8. The SMILES string of the molecule is C[C@H]1CCc2c(sc3nc(COC(=O)CC(c4ccccc4)c4ccccc4)[nH]c(=O)c23)C1. The zero-order valence-corrected chi connectivity index (χ0v) is 19.4. The molecule has 5 rings (SSSR count). The summed E-state index contributed by atoms with van der Waals surface area (Å²) in [6.07, 6.45) is 3.24. The second kappa shape index (κ2) is 9.32. The van der Waals surface area contributed by atoms with Gasteiger partial charge < -0.3 is 9.72 Å². The Bertz CT molecular complexity index is 1290. The molecular weight excluding hydrogens is 432 g/mol. The minimum atomic E-state index is -0.324. The Morgan fingerprint density at radius 2 is 1.79 bits per heavy atom. The van der Waals surface area contributed by atoms with Crippen LogP contribution in [-0.2, 0) is 29.0 Å². The van der Waals surface area contributed by atoms with Crippen molar-refractivity contribution in [1.29, 1.82) is 0 Å². The van der Waals surface area contributed by atoms with Gasteiger partial charge in [0.25, 0.3) is 5.56 Å². The maximum absolute atomic E-state index is 12.8. The van der Waals surface area contributed by atoms with Crippen molar-refractivity contribution >= 4 is 27.5 Å². The predicted molar refractivity (Wildman–Crippen MR) is 131 cm³/mol. The summed E-state index contributed by atoms with van der Waals surface area (Å²) < 4.78 is 5.56. The molecule has 168 valence electrons. The number of benzene rings is 2. The molecule has 1 aliphatic rings. The Morgan fingerprint density at radius 3 is 2.45 bits per heavy atom. The fraction of sp³-hybridized carbons (Fsp3) is 0.296. The van der Waals surface area contributed by atoms with Gasteiger partial charge in [0.1, 0.15) is 17.3 Å². The number of nitrogens with zero attached hydrogens (tertiary/aromatic N) is 1. The van der Waals surface area contributed by atoms with Crippen molar-refractivity contribution in [1.82, 2.24) is 9.97 Å². The summed E-state index contributed by atoms with van der Waals surface area (Å²) in [4.78, 5) is 35.0. The van der Waals surface area contributed by atoms with E-state index in [1.54, 1.807) is 11.3 Å². The van der Waals surface area contributed by atoms with E-state index in [4.69, 9.17) is 4.74 Å². The lowest BCUT2D eigenvalue weighted by molar-refractivity contribution is -0.145. The van der Waals surface area contributed by atoms with Gasteiger partial charge in [0.2, 0.25) is 0 Å². The topological polar surface area (TPSA) is 72.0 Å². The minimum absolute atomic E-state index is 0.0424. The number of rotatable bonds is 6. The molecule has 0 saturated heterocycles. The first-order valence-electron chi connectivity index (χ1n) is 11.4. The van der Waals surface area contributed by atoms with Crippen LogP contribution in [0.15, 0.2) is 65.5 Å². The number of nitrogens with one attached hydrogen (secondary N) is 1. The number of aryl methyl sites for hydroxylation is 1. The van der Waals surface area contributed by atoms with Crippen molar-refractivity contribution in [3.63, 3.8) is 0 Å². The first kappa shape index (κ1) is 21.6. The summed E-state index contributed by atoms with van der Waals surface area (Å²) >= 11 is 1.60. The number of thiophene rings is 1. The van der Waals surface area contributed by atoms with Crippen LogP contribution < -0.4 is 5.56 Å². The van der Waals surface area contributed by atoms with Crippen LogP contribution in [0.3, 0.4) is 0 Å². The molecule has 0 radical (unpaired) electrons. The van der Waals surface area contributed by atoms with Gasteiger partial charge in [0, 0.05) is 10.8 Å². The summed E-state index contributed by atoms with van der Waals surface area (Å²) in [6.45, 7) is 2.20. The molecule has 5 nitrogen and oxygen atoms in total. The van der Waals surface area contributed by atoms with Gasteiger partial charge in [0.05, 0.1) is 11.8 Å². The minimum Gasteiger partial charge on any atom is -0.457 e. The van der Waals surface area contributed by atoms with Crippen LogP contribution in [0.25, 0.3) is 10.2 Å². The van der Waals surface area contributed by atoms with E-state index >= 15 is 0 Å². The molecule has 0 aliphatic heterocycles. The van der Waals surface area contributed by atoms with Crippen molar-refractivity contribution in [3.05, 3.63) is 98.4 Å². The highest BCUT2D eigenvalue weighted by molar-refractivity contribution is 7.18. The Kier molecular flexibility index (Phi) is 6.09. The third kappa shape index (κ3) is 4.62. The van der Waals surface area contributed by atoms with E-state index in [1.807, 2.05) is 60.7 Å². The highest BCUT2D eigenvalue weighted by atomic mass is 32.1. The number of hydrogen-bond acceptors (Lipinski definition) is 5. The molecule has 1 N–H and O–H groups in total. The molecule has 0 saturated carbocycles. The monoisotopic (exact) mass is 458 g/mol. The van der Waals surface area contributed by atoms with Crippen molar-refractivity contribution in [2.75, 3.05) is 0 Å². The van der Waals surface area contributed by atoms with Crippen molar-refractivity contribution in [2.45, 2.75) is 45.1 Å². The normalized spacial score (nSPS) is 15.5. The smallest absolute Gasteiger partial charge is 0.307 e. The number of aromatic amines is 1. The van der Waals surface area contributed by atoms with Crippen molar-refractivity contribution < 1.29 is 9.53 Å². The average Bonchev–Trinajstić information content (AvgIpc) is 3.20. The second-order valence-electron chi connectivity index (χ2n) is 8.78. The van der Waals surface area contributed by atoms with E-state index < -0.39 is 0 Å². The van der Waals surface area contributed by atoms with Crippen molar-refractivity contribution in [2.24, 2.45) is 5.92 Å². The average molecular weight is 459 g/mol. The number of aromatic nitrogens is 2. The third-order valence-corrected chi connectivity index (χ3v) is 7.51. The van der Waals surface area contributed by atoms with Gasteiger partial charge in [-0.05, 0) is 41.9 Å². The zero-order chi connectivity index (χ0) is 22.8. The van der Waals surface area contributed by atoms with E-state index in [2.05, 4.69) is 16.9 Å². The van der Waals surface area contributed by atoms with Crippen molar-refractivity contribution in [3.8, 4) is 0 Å². The standard InChI is InChI=1S/C27H26N2O3S/c1-17-12-13-20-22(14-17)33-27-25(20)26(31)28-23(29-27)16-32-24(30)15-21(18-8-4-2-5-9-18)19-10-6-3-7-11-19/h2-11,17,21H,12-16H2,1H3,(H,28,29,31)/t17-/m0/s1. The molecule has 0 fully saturated rings. The largest absolute Gasteiger partial charge is 0.457 e. The van der Waals surface area contributed by atoms with E-state index in [-0.39, 0.29) is 30.5 Å². The lowest BCUT2D eigenvalue weighted by Crippen LogP contribution is -2.17. The molecule has 1 atom stereocenters. The van der Waals surface area contributed by atoms with E-state index in [0.717, 1.165) is 40.8 Å². The van der Waals surface area contributed by atoms with Crippen LogP contribution in [0, 0.1) is 5.92 Å².